The lowest BCUT2D eigenvalue weighted by molar-refractivity contribution is 0.103. The molecule has 0 spiro atoms. The van der Waals surface area contributed by atoms with E-state index >= 15 is 0 Å². The molecule has 0 aromatic heterocycles. The first-order chi connectivity index (χ1) is 8.22. The van der Waals surface area contributed by atoms with Crippen LogP contribution in [0.15, 0.2) is 34.7 Å². The van der Waals surface area contributed by atoms with Gasteiger partial charge in [0.2, 0.25) is 0 Å². The van der Waals surface area contributed by atoms with Gasteiger partial charge in [-0.2, -0.15) is 0 Å². The Balaban J connectivity index is 2.30. The summed E-state index contributed by atoms with van der Waals surface area (Å²) in [5.41, 5.74) is 1.60. The summed E-state index contributed by atoms with van der Waals surface area (Å²) in [7, 11) is 0. The molecule has 0 radical (unpaired) electrons. The monoisotopic (exact) mass is 267 g/mol. The van der Waals surface area contributed by atoms with Crippen LogP contribution >= 0.6 is 23.4 Å². The second kappa shape index (κ2) is 5.71. The molecule has 17 heavy (non-hydrogen) atoms. The Morgan fingerprint density at radius 3 is 2.71 bits per heavy atom. The van der Waals surface area contributed by atoms with E-state index in [1.165, 1.54) is 4.91 Å². The third-order valence-electron chi connectivity index (χ3n) is 2.79. The molecule has 2 rings (SSSR count). The van der Waals surface area contributed by atoms with Crippen molar-refractivity contribution in [1.29, 1.82) is 0 Å². The highest BCUT2D eigenvalue weighted by molar-refractivity contribution is 8.02. The van der Waals surface area contributed by atoms with E-state index in [1.54, 1.807) is 36.0 Å². The highest BCUT2D eigenvalue weighted by atomic mass is 35.5. The molecule has 0 bridgehead atoms. The van der Waals surface area contributed by atoms with Gasteiger partial charge in [0.15, 0.2) is 5.78 Å². The molecule has 1 aromatic carbocycles. The molecule has 1 aromatic rings. The number of thioether (sulfide) groups is 1. The van der Waals surface area contributed by atoms with E-state index in [0.717, 1.165) is 18.5 Å². The smallest absolute Gasteiger partial charge is 0.191 e. The highest BCUT2D eigenvalue weighted by Crippen LogP contribution is 2.25. The standard InChI is InChI=1S/C13H14ClNOS/c1-17-12-6-7-15-8-11(12)13(16)9-2-4-10(14)5-3-9/h2-5,15H,6-8H2,1H3. The fourth-order valence-corrected chi connectivity index (χ4v) is 2.72. The Bertz CT molecular complexity index is 453. The number of Topliss-reactive ketones (excluding diaryl/α,β-unsaturated/α-hetero) is 1. The van der Waals surface area contributed by atoms with Crippen LogP contribution in [0, 0.1) is 0 Å². The minimum Gasteiger partial charge on any atom is -0.312 e. The summed E-state index contributed by atoms with van der Waals surface area (Å²) in [4.78, 5) is 13.5. The number of carbonyl (C=O) groups is 1. The average Bonchev–Trinajstić information content (AvgIpc) is 2.39. The Hall–Kier alpha value is -0.770. The maximum atomic E-state index is 12.3. The summed E-state index contributed by atoms with van der Waals surface area (Å²) in [6.07, 6.45) is 2.96. The molecule has 4 heteroatoms. The number of ketones is 1. The molecular formula is C13H14ClNOS. The molecule has 1 N–H and O–H groups in total. The summed E-state index contributed by atoms with van der Waals surface area (Å²) < 4.78 is 0. The van der Waals surface area contributed by atoms with Crippen molar-refractivity contribution < 1.29 is 4.79 Å². The van der Waals surface area contributed by atoms with Crippen molar-refractivity contribution in [1.82, 2.24) is 5.32 Å². The van der Waals surface area contributed by atoms with E-state index in [-0.39, 0.29) is 5.78 Å². The van der Waals surface area contributed by atoms with Crippen LogP contribution in [0.25, 0.3) is 0 Å². The number of benzene rings is 1. The first-order valence-corrected chi connectivity index (χ1v) is 7.09. The van der Waals surface area contributed by atoms with Crippen molar-refractivity contribution in [3.63, 3.8) is 0 Å². The van der Waals surface area contributed by atoms with E-state index in [1.807, 2.05) is 6.26 Å². The van der Waals surface area contributed by atoms with E-state index < -0.39 is 0 Å². The maximum absolute atomic E-state index is 12.3. The van der Waals surface area contributed by atoms with Crippen molar-refractivity contribution in [3.05, 3.63) is 45.3 Å². The molecule has 0 aliphatic carbocycles. The third-order valence-corrected chi connectivity index (χ3v) is 3.99. The minimum absolute atomic E-state index is 0.109. The SMILES string of the molecule is CSC1=C(C(=O)c2ccc(Cl)cc2)CNCC1. The van der Waals surface area contributed by atoms with Gasteiger partial charge in [0.05, 0.1) is 0 Å². The average molecular weight is 268 g/mol. The van der Waals surface area contributed by atoms with E-state index in [0.29, 0.717) is 17.1 Å². The zero-order chi connectivity index (χ0) is 12.3. The maximum Gasteiger partial charge on any atom is 0.191 e. The lowest BCUT2D eigenvalue weighted by Crippen LogP contribution is -2.28. The zero-order valence-corrected chi connectivity index (χ0v) is 11.2. The van der Waals surface area contributed by atoms with Crippen molar-refractivity contribution in [2.45, 2.75) is 6.42 Å². The van der Waals surface area contributed by atoms with Gasteiger partial charge in [-0.15, -0.1) is 11.8 Å². The zero-order valence-electron chi connectivity index (χ0n) is 9.63. The van der Waals surface area contributed by atoms with Gasteiger partial charge in [-0.3, -0.25) is 4.79 Å². The largest absolute Gasteiger partial charge is 0.312 e. The van der Waals surface area contributed by atoms with Crippen LogP contribution in [-0.2, 0) is 0 Å². The topological polar surface area (TPSA) is 29.1 Å². The van der Waals surface area contributed by atoms with Gasteiger partial charge in [0.1, 0.15) is 0 Å². The van der Waals surface area contributed by atoms with Crippen molar-refractivity contribution in [2.75, 3.05) is 19.3 Å². The molecular weight excluding hydrogens is 254 g/mol. The third kappa shape index (κ3) is 2.92. The number of hydrogen-bond donors (Lipinski definition) is 1. The molecule has 0 unspecified atom stereocenters. The van der Waals surface area contributed by atoms with Gasteiger partial charge >= 0.3 is 0 Å². The van der Waals surface area contributed by atoms with Crippen LogP contribution in [0.4, 0.5) is 0 Å². The molecule has 2 nitrogen and oxygen atoms in total. The number of nitrogens with one attached hydrogen (secondary N) is 1. The normalized spacial score (nSPS) is 16.1. The van der Waals surface area contributed by atoms with Crippen LogP contribution in [0.1, 0.15) is 16.8 Å². The summed E-state index contributed by atoms with van der Waals surface area (Å²) in [6.45, 7) is 1.62. The van der Waals surface area contributed by atoms with E-state index in [4.69, 9.17) is 11.6 Å². The fourth-order valence-electron chi connectivity index (χ4n) is 1.87. The van der Waals surface area contributed by atoms with Crippen LogP contribution in [-0.4, -0.2) is 25.1 Å². The van der Waals surface area contributed by atoms with Crippen LogP contribution < -0.4 is 5.32 Å². The van der Waals surface area contributed by atoms with Gasteiger partial charge < -0.3 is 5.32 Å². The van der Waals surface area contributed by atoms with Crippen molar-refractivity contribution in [2.24, 2.45) is 0 Å². The number of carbonyl (C=O) groups excluding carboxylic acids is 1. The first kappa shape index (κ1) is 12.7. The molecule has 0 fully saturated rings. The number of hydrogen-bond acceptors (Lipinski definition) is 3. The van der Waals surface area contributed by atoms with Gasteiger partial charge in [-0.25, -0.2) is 0 Å². The Labute approximate surface area is 110 Å². The predicted octanol–water partition coefficient (Wildman–Crippen LogP) is 3.13. The minimum atomic E-state index is 0.109. The lowest BCUT2D eigenvalue weighted by atomic mass is 10.0. The Morgan fingerprint density at radius 1 is 1.35 bits per heavy atom. The summed E-state index contributed by atoms with van der Waals surface area (Å²) >= 11 is 7.49. The Morgan fingerprint density at radius 2 is 2.06 bits per heavy atom. The van der Waals surface area contributed by atoms with Gasteiger partial charge in [0, 0.05) is 29.2 Å². The van der Waals surface area contributed by atoms with E-state index in [9.17, 15) is 4.79 Å². The van der Waals surface area contributed by atoms with Gasteiger partial charge in [-0.1, -0.05) is 11.6 Å². The molecule has 1 aliphatic rings. The molecule has 0 amide bonds. The second-order valence-corrected chi connectivity index (χ2v) is 5.21. The molecule has 1 heterocycles. The van der Waals surface area contributed by atoms with E-state index in [2.05, 4.69) is 5.32 Å². The molecule has 90 valence electrons. The quantitative estimate of drug-likeness (QED) is 0.853. The summed E-state index contributed by atoms with van der Waals surface area (Å²) in [5, 5.41) is 3.90. The first-order valence-electron chi connectivity index (χ1n) is 5.49. The summed E-state index contributed by atoms with van der Waals surface area (Å²) in [6, 6.07) is 7.07. The second-order valence-electron chi connectivity index (χ2n) is 3.87. The molecule has 0 atom stereocenters. The van der Waals surface area contributed by atoms with Crippen LogP contribution in [0.2, 0.25) is 5.02 Å². The van der Waals surface area contributed by atoms with Crippen LogP contribution in [0.3, 0.4) is 0 Å². The van der Waals surface area contributed by atoms with Crippen molar-refractivity contribution in [3.8, 4) is 0 Å². The lowest BCUT2D eigenvalue weighted by Gasteiger charge is -2.19. The van der Waals surface area contributed by atoms with Crippen LogP contribution in [0.5, 0.6) is 0 Å². The van der Waals surface area contributed by atoms with Gasteiger partial charge in [-0.05, 0) is 41.8 Å². The molecule has 0 saturated heterocycles. The van der Waals surface area contributed by atoms with Gasteiger partial charge in [0.25, 0.3) is 0 Å². The summed E-state index contributed by atoms with van der Waals surface area (Å²) in [5.74, 6) is 0.109. The number of halogens is 1. The molecule has 0 saturated carbocycles. The highest BCUT2D eigenvalue weighted by Gasteiger charge is 2.19. The molecule has 1 aliphatic heterocycles. The Kier molecular flexibility index (Phi) is 4.26. The fraction of sp³-hybridized carbons (Fsp3) is 0.308. The number of rotatable bonds is 3. The van der Waals surface area contributed by atoms with Crippen molar-refractivity contribution >= 4 is 29.1 Å². The predicted molar refractivity (Wildman–Crippen MR) is 73.8 cm³/mol.